The van der Waals surface area contributed by atoms with Gasteiger partial charge in [0, 0.05) is 24.8 Å². The van der Waals surface area contributed by atoms with Crippen molar-refractivity contribution in [3.63, 3.8) is 0 Å². The average molecular weight is 421 g/mol. The quantitative estimate of drug-likeness (QED) is 0.597. The number of hydrogen-bond donors (Lipinski definition) is 2. The predicted octanol–water partition coefficient (Wildman–Crippen LogP) is 2.27. The van der Waals surface area contributed by atoms with Gasteiger partial charge in [-0.2, -0.15) is 5.10 Å². The zero-order chi connectivity index (χ0) is 22.0. The minimum atomic E-state index is -0.469. The minimum Gasteiger partial charge on any atom is -0.350 e. The van der Waals surface area contributed by atoms with E-state index in [0.29, 0.717) is 16.9 Å². The van der Waals surface area contributed by atoms with Gasteiger partial charge in [-0.25, -0.2) is 13.9 Å². The third kappa shape index (κ3) is 4.30. The van der Waals surface area contributed by atoms with Crippen LogP contribution in [0.3, 0.4) is 0 Å². The van der Waals surface area contributed by atoms with Crippen molar-refractivity contribution in [1.29, 1.82) is 0 Å². The molecule has 4 amide bonds. The van der Waals surface area contributed by atoms with Crippen LogP contribution in [0.25, 0.3) is 16.9 Å². The smallest absolute Gasteiger partial charge is 0.324 e. The highest BCUT2D eigenvalue weighted by Crippen LogP contribution is 2.25. The maximum atomic E-state index is 13.3. The van der Waals surface area contributed by atoms with Crippen molar-refractivity contribution in [2.75, 3.05) is 19.6 Å². The lowest BCUT2D eigenvalue weighted by atomic mass is 10.1. The number of carbonyl (C=O) groups is 3. The van der Waals surface area contributed by atoms with Crippen LogP contribution in [0.5, 0.6) is 0 Å². The second-order valence-corrected chi connectivity index (χ2v) is 7.14. The number of halogens is 1. The summed E-state index contributed by atoms with van der Waals surface area (Å²) in [6.45, 7) is 2.09. The predicted molar refractivity (Wildman–Crippen MR) is 111 cm³/mol. The number of aromatic nitrogens is 2. The van der Waals surface area contributed by atoms with Crippen molar-refractivity contribution < 1.29 is 18.8 Å². The molecule has 0 bridgehead atoms. The van der Waals surface area contributed by atoms with Crippen molar-refractivity contribution in [3.8, 4) is 16.9 Å². The van der Waals surface area contributed by atoms with Crippen molar-refractivity contribution >= 4 is 17.8 Å². The molecule has 31 heavy (non-hydrogen) atoms. The summed E-state index contributed by atoms with van der Waals surface area (Å²) in [6, 6.07) is 12.9. The van der Waals surface area contributed by atoms with E-state index in [-0.39, 0.29) is 31.4 Å². The standard InChI is InChI=1S/C22H20FN5O3/c1-14-3-2-4-15(11-14)20-18(13-28(26-20)17-7-5-16(23)6-8-17)21(30)24-9-10-27-19(29)12-25-22(27)31/h2-8,11,13H,9-10,12H2,1H3,(H,24,30)(H,25,31). The number of benzene rings is 2. The van der Waals surface area contributed by atoms with Crippen LogP contribution in [0.4, 0.5) is 9.18 Å². The Labute approximate surface area is 177 Å². The zero-order valence-corrected chi connectivity index (χ0v) is 16.8. The first kappa shape index (κ1) is 20.3. The fourth-order valence-corrected chi connectivity index (χ4v) is 3.33. The van der Waals surface area contributed by atoms with E-state index in [1.165, 1.54) is 16.8 Å². The average Bonchev–Trinajstić information content (AvgIpc) is 3.33. The molecule has 1 saturated heterocycles. The Kier molecular flexibility index (Phi) is 5.48. The summed E-state index contributed by atoms with van der Waals surface area (Å²) in [5.74, 6) is -1.09. The van der Waals surface area contributed by atoms with E-state index < -0.39 is 11.9 Å². The van der Waals surface area contributed by atoms with Crippen LogP contribution in [0.15, 0.2) is 54.7 Å². The van der Waals surface area contributed by atoms with Crippen LogP contribution in [-0.4, -0.2) is 52.2 Å². The summed E-state index contributed by atoms with van der Waals surface area (Å²) in [7, 11) is 0. The van der Waals surface area contributed by atoms with Gasteiger partial charge in [-0.1, -0.05) is 23.8 Å². The maximum absolute atomic E-state index is 13.3. The van der Waals surface area contributed by atoms with Crippen molar-refractivity contribution in [1.82, 2.24) is 25.3 Å². The second kappa shape index (κ2) is 8.39. The fraction of sp³-hybridized carbons (Fsp3) is 0.182. The molecule has 0 spiro atoms. The van der Waals surface area contributed by atoms with Crippen LogP contribution in [0, 0.1) is 12.7 Å². The third-order valence-corrected chi connectivity index (χ3v) is 4.90. The molecule has 1 aliphatic rings. The van der Waals surface area contributed by atoms with E-state index in [1.807, 2.05) is 31.2 Å². The third-order valence-electron chi connectivity index (χ3n) is 4.90. The van der Waals surface area contributed by atoms with Crippen LogP contribution in [0.2, 0.25) is 0 Å². The Hall–Kier alpha value is -4.01. The van der Waals surface area contributed by atoms with E-state index in [0.717, 1.165) is 16.0 Å². The van der Waals surface area contributed by atoms with E-state index in [9.17, 15) is 18.8 Å². The van der Waals surface area contributed by atoms with Gasteiger partial charge in [0.05, 0.1) is 17.8 Å². The zero-order valence-electron chi connectivity index (χ0n) is 16.8. The molecule has 1 aliphatic heterocycles. The fourth-order valence-electron chi connectivity index (χ4n) is 3.33. The van der Waals surface area contributed by atoms with E-state index in [4.69, 9.17) is 0 Å². The highest BCUT2D eigenvalue weighted by molar-refractivity contribution is 6.02. The molecular formula is C22H20FN5O3. The summed E-state index contributed by atoms with van der Waals surface area (Å²) in [6.07, 6.45) is 1.58. The highest BCUT2D eigenvalue weighted by atomic mass is 19.1. The largest absolute Gasteiger partial charge is 0.350 e. The highest BCUT2D eigenvalue weighted by Gasteiger charge is 2.28. The Morgan fingerprint density at radius 1 is 1.19 bits per heavy atom. The van der Waals surface area contributed by atoms with Gasteiger partial charge in [0.25, 0.3) is 5.91 Å². The number of aryl methyl sites for hydroxylation is 1. The number of amides is 4. The number of urea groups is 1. The number of rotatable bonds is 6. The number of imide groups is 1. The molecule has 0 radical (unpaired) electrons. The van der Waals surface area contributed by atoms with Crippen LogP contribution >= 0.6 is 0 Å². The first-order valence-corrected chi connectivity index (χ1v) is 9.71. The normalized spacial score (nSPS) is 13.4. The van der Waals surface area contributed by atoms with Crippen LogP contribution < -0.4 is 10.6 Å². The number of carbonyl (C=O) groups excluding carboxylic acids is 3. The van der Waals surface area contributed by atoms with E-state index in [2.05, 4.69) is 15.7 Å². The summed E-state index contributed by atoms with van der Waals surface area (Å²) >= 11 is 0. The molecule has 158 valence electrons. The molecule has 4 rings (SSSR count). The molecule has 0 atom stereocenters. The van der Waals surface area contributed by atoms with Crippen LogP contribution in [0.1, 0.15) is 15.9 Å². The lowest BCUT2D eigenvalue weighted by Gasteiger charge is -2.12. The van der Waals surface area contributed by atoms with Gasteiger partial charge < -0.3 is 10.6 Å². The Balaban J connectivity index is 1.60. The lowest BCUT2D eigenvalue weighted by molar-refractivity contribution is -0.124. The molecule has 0 saturated carbocycles. The molecule has 9 heteroatoms. The summed E-state index contributed by atoms with van der Waals surface area (Å²) < 4.78 is 14.8. The van der Waals surface area contributed by atoms with Crippen molar-refractivity contribution in [3.05, 3.63) is 71.7 Å². The van der Waals surface area contributed by atoms with Gasteiger partial charge in [0.15, 0.2) is 0 Å². The first-order valence-electron chi connectivity index (χ1n) is 9.71. The lowest BCUT2D eigenvalue weighted by Crippen LogP contribution is -2.38. The molecule has 2 aromatic carbocycles. The van der Waals surface area contributed by atoms with E-state index >= 15 is 0 Å². The number of hydrogen-bond acceptors (Lipinski definition) is 4. The molecule has 0 unspecified atom stereocenters. The van der Waals surface area contributed by atoms with Crippen molar-refractivity contribution in [2.45, 2.75) is 6.92 Å². The molecule has 2 heterocycles. The SMILES string of the molecule is Cc1cccc(-c2nn(-c3ccc(F)cc3)cc2C(=O)NCCN2C(=O)CNC2=O)c1. The summed E-state index contributed by atoms with van der Waals surface area (Å²) in [5, 5.41) is 9.73. The molecule has 3 aromatic rings. The van der Waals surface area contributed by atoms with Crippen molar-refractivity contribution in [2.24, 2.45) is 0 Å². The second-order valence-electron chi connectivity index (χ2n) is 7.14. The van der Waals surface area contributed by atoms with Gasteiger partial charge in [-0.05, 0) is 37.3 Å². The Morgan fingerprint density at radius 3 is 2.65 bits per heavy atom. The Morgan fingerprint density at radius 2 is 1.97 bits per heavy atom. The molecule has 1 fully saturated rings. The van der Waals surface area contributed by atoms with Gasteiger partial charge in [0.1, 0.15) is 11.5 Å². The van der Waals surface area contributed by atoms with Gasteiger partial charge in [-0.3, -0.25) is 14.5 Å². The molecule has 2 N–H and O–H groups in total. The molecule has 8 nitrogen and oxygen atoms in total. The number of nitrogens with zero attached hydrogens (tertiary/aromatic N) is 3. The summed E-state index contributed by atoms with van der Waals surface area (Å²) in [4.78, 5) is 37.3. The molecule has 0 aliphatic carbocycles. The van der Waals surface area contributed by atoms with Crippen LogP contribution in [-0.2, 0) is 4.79 Å². The monoisotopic (exact) mass is 421 g/mol. The van der Waals surface area contributed by atoms with Gasteiger partial charge in [0.2, 0.25) is 5.91 Å². The first-order chi connectivity index (χ1) is 14.9. The minimum absolute atomic E-state index is 0.0330. The molecular weight excluding hydrogens is 401 g/mol. The Bertz CT molecular complexity index is 1140. The molecule has 1 aromatic heterocycles. The topological polar surface area (TPSA) is 96.3 Å². The van der Waals surface area contributed by atoms with E-state index in [1.54, 1.807) is 18.3 Å². The summed E-state index contributed by atoms with van der Waals surface area (Å²) in [5.41, 5.74) is 3.18. The maximum Gasteiger partial charge on any atom is 0.324 e. The number of nitrogens with one attached hydrogen (secondary N) is 2. The van der Waals surface area contributed by atoms with Gasteiger partial charge in [-0.15, -0.1) is 0 Å². The van der Waals surface area contributed by atoms with Gasteiger partial charge >= 0.3 is 6.03 Å².